The highest BCUT2D eigenvalue weighted by Gasteiger charge is 1.89. The highest BCUT2D eigenvalue weighted by molar-refractivity contribution is 5.09. The first-order valence-corrected chi connectivity index (χ1v) is 1.89. The highest BCUT2D eigenvalue weighted by Crippen LogP contribution is 1.86. The van der Waals surface area contributed by atoms with E-state index in [1.165, 1.54) is 0 Å². The zero-order valence-electron chi connectivity index (χ0n) is 3.87. The van der Waals surface area contributed by atoms with Crippen LogP contribution < -0.4 is 5.73 Å². The van der Waals surface area contributed by atoms with Crippen molar-refractivity contribution in [1.82, 2.24) is 15.0 Å². The maximum atomic E-state index is 11.8. The summed E-state index contributed by atoms with van der Waals surface area (Å²) in [5, 5.41) is 0. The van der Waals surface area contributed by atoms with Crippen molar-refractivity contribution in [3.05, 3.63) is 12.4 Å². The van der Waals surface area contributed by atoms with E-state index in [0.29, 0.717) is 0 Å². The van der Waals surface area contributed by atoms with Crippen molar-refractivity contribution >= 4 is 5.95 Å². The molecule has 0 fully saturated rings. The van der Waals surface area contributed by atoms with Crippen molar-refractivity contribution in [2.75, 3.05) is 5.73 Å². The molecule has 1 rings (SSSR count). The molecule has 0 aliphatic heterocycles. The highest BCUT2D eigenvalue weighted by atomic mass is 19.1. The van der Waals surface area contributed by atoms with Gasteiger partial charge in [0.05, 0.1) is 0 Å². The van der Waals surface area contributed by atoms with E-state index in [0.717, 1.165) is 6.33 Å². The third kappa shape index (κ3) is 0.868. The average Bonchev–Trinajstić information content (AvgIpc) is 1.64. The molecule has 0 radical (unpaired) electrons. The summed E-state index contributed by atoms with van der Waals surface area (Å²) in [6.07, 6.45) is 0.162. The summed E-state index contributed by atoms with van der Waals surface area (Å²) in [4.78, 5) is 9.49. The standard InChI is InChI=1S/C3H3FN4/c4-2-6-1-7-3(5)8-2/h1H,(H2,5,6,7,8). The number of nitrogens with zero attached hydrogens (tertiary/aromatic N) is 3. The quantitative estimate of drug-likeness (QED) is 0.498. The van der Waals surface area contributed by atoms with Crippen LogP contribution in [0.5, 0.6) is 0 Å². The number of nitrogens with two attached hydrogens (primary N) is 1. The van der Waals surface area contributed by atoms with Gasteiger partial charge in [0.2, 0.25) is 5.95 Å². The maximum absolute atomic E-state index is 11.8. The Morgan fingerprint density at radius 3 is 2.62 bits per heavy atom. The SMILES string of the molecule is Nc1ncnc(F)n1. The van der Waals surface area contributed by atoms with Crippen LogP contribution in [-0.4, -0.2) is 15.0 Å². The Labute approximate surface area is 44.6 Å². The predicted molar refractivity (Wildman–Crippen MR) is 24.2 cm³/mol. The Morgan fingerprint density at radius 1 is 1.50 bits per heavy atom. The summed E-state index contributed by atoms with van der Waals surface area (Å²) in [6.45, 7) is 0. The number of aromatic nitrogens is 3. The van der Waals surface area contributed by atoms with E-state index in [9.17, 15) is 4.39 Å². The van der Waals surface area contributed by atoms with Gasteiger partial charge >= 0.3 is 6.08 Å². The molecule has 0 aliphatic rings. The Bertz CT molecular complexity index is 171. The zero-order valence-corrected chi connectivity index (χ0v) is 3.87. The third-order valence-corrected chi connectivity index (χ3v) is 0.561. The largest absolute Gasteiger partial charge is 0.368 e. The van der Waals surface area contributed by atoms with Gasteiger partial charge in [-0.05, 0) is 0 Å². The van der Waals surface area contributed by atoms with Crippen LogP contribution in [0.2, 0.25) is 0 Å². The Kier molecular flexibility index (Phi) is 1.03. The number of hydrogen-bond acceptors (Lipinski definition) is 4. The first kappa shape index (κ1) is 4.89. The fraction of sp³-hybridized carbons (Fsp3) is 0. The van der Waals surface area contributed by atoms with Gasteiger partial charge in [0, 0.05) is 0 Å². The van der Waals surface area contributed by atoms with E-state index >= 15 is 0 Å². The van der Waals surface area contributed by atoms with Crippen LogP contribution >= 0.6 is 0 Å². The van der Waals surface area contributed by atoms with Crippen LogP contribution in [0.3, 0.4) is 0 Å². The van der Waals surface area contributed by atoms with E-state index in [1.54, 1.807) is 0 Å². The molecule has 0 unspecified atom stereocenters. The van der Waals surface area contributed by atoms with E-state index in [1.807, 2.05) is 0 Å². The van der Waals surface area contributed by atoms with Gasteiger partial charge in [0.15, 0.2) is 0 Å². The molecule has 0 bridgehead atoms. The van der Waals surface area contributed by atoms with Crippen molar-refractivity contribution in [2.24, 2.45) is 0 Å². The predicted octanol–water partition coefficient (Wildman–Crippen LogP) is -0.407. The minimum absolute atomic E-state index is 0.0995. The molecule has 0 amide bonds. The van der Waals surface area contributed by atoms with Gasteiger partial charge in [-0.25, -0.2) is 4.98 Å². The van der Waals surface area contributed by atoms with E-state index in [2.05, 4.69) is 15.0 Å². The minimum atomic E-state index is -0.850. The van der Waals surface area contributed by atoms with Crippen molar-refractivity contribution < 1.29 is 4.39 Å². The van der Waals surface area contributed by atoms with Gasteiger partial charge in [-0.1, -0.05) is 0 Å². The van der Waals surface area contributed by atoms with Gasteiger partial charge in [-0.2, -0.15) is 14.4 Å². The van der Waals surface area contributed by atoms with Crippen molar-refractivity contribution in [3.63, 3.8) is 0 Å². The summed E-state index contributed by atoms with van der Waals surface area (Å²) < 4.78 is 11.8. The normalized spacial score (nSPS) is 9.12. The monoisotopic (exact) mass is 114 g/mol. The molecule has 0 saturated heterocycles. The van der Waals surface area contributed by atoms with Gasteiger partial charge in [-0.15, -0.1) is 0 Å². The molecule has 1 aromatic heterocycles. The van der Waals surface area contributed by atoms with Crippen molar-refractivity contribution in [1.29, 1.82) is 0 Å². The number of hydrogen-bond donors (Lipinski definition) is 1. The fourth-order valence-corrected chi connectivity index (χ4v) is 0.288. The van der Waals surface area contributed by atoms with Crippen molar-refractivity contribution in [3.8, 4) is 0 Å². The molecule has 1 aromatic rings. The molecule has 0 saturated carbocycles. The second kappa shape index (κ2) is 1.69. The van der Waals surface area contributed by atoms with Crippen molar-refractivity contribution in [2.45, 2.75) is 0 Å². The zero-order chi connectivity index (χ0) is 5.98. The van der Waals surface area contributed by atoms with Crippen LogP contribution in [0.4, 0.5) is 10.3 Å². The molecular formula is C3H3FN4. The summed E-state index contributed by atoms with van der Waals surface area (Å²) >= 11 is 0. The van der Waals surface area contributed by atoms with Crippen LogP contribution in [0.25, 0.3) is 0 Å². The Morgan fingerprint density at radius 2 is 2.25 bits per heavy atom. The second-order valence-corrected chi connectivity index (χ2v) is 1.11. The third-order valence-electron chi connectivity index (χ3n) is 0.561. The number of nitrogen functional groups attached to an aromatic ring is 1. The van der Waals surface area contributed by atoms with E-state index in [-0.39, 0.29) is 5.95 Å². The fourth-order valence-electron chi connectivity index (χ4n) is 0.288. The summed E-state index contributed by atoms with van der Waals surface area (Å²) in [6, 6.07) is 0. The molecular weight excluding hydrogens is 111 g/mol. The molecule has 4 nitrogen and oxygen atoms in total. The second-order valence-electron chi connectivity index (χ2n) is 1.11. The topological polar surface area (TPSA) is 64.7 Å². The smallest absolute Gasteiger partial charge is 0.313 e. The lowest BCUT2D eigenvalue weighted by Crippen LogP contribution is -1.97. The molecule has 1 heterocycles. The van der Waals surface area contributed by atoms with Gasteiger partial charge < -0.3 is 5.73 Å². The van der Waals surface area contributed by atoms with Gasteiger partial charge in [0.25, 0.3) is 0 Å². The average molecular weight is 114 g/mol. The molecule has 2 N–H and O–H groups in total. The van der Waals surface area contributed by atoms with Crippen LogP contribution in [0.15, 0.2) is 6.33 Å². The Hall–Kier alpha value is -1.26. The first-order chi connectivity index (χ1) is 3.79. The molecule has 0 spiro atoms. The van der Waals surface area contributed by atoms with Gasteiger partial charge in [-0.3, -0.25) is 0 Å². The summed E-state index contributed by atoms with van der Waals surface area (Å²) in [5.74, 6) is -0.0995. The van der Waals surface area contributed by atoms with Crippen LogP contribution in [0, 0.1) is 6.08 Å². The molecule has 5 heteroatoms. The lowest BCUT2D eigenvalue weighted by Gasteiger charge is -1.85. The van der Waals surface area contributed by atoms with Gasteiger partial charge in [0.1, 0.15) is 6.33 Å². The Balaban J connectivity index is 3.08. The minimum Gasteiger partial charge on any atom is -0.368 e. The molecule has 8 heavy (non-hydrogen) atoms. The number of rotatable bonds is 0. The number of anilines is 1. The van der Waals surface area contributed by atoms with Crippen LogP contribution in [0.1, 0.15) is 0 Å². The first-order valence-electron chi connectivity index (χ1n) is 1.89. The summed E-state index contributed by atoms with van der Waals surface area (Å²) in [5.41, 5.74) is 4.96. The summed E-state index contributed by atoms with van der Waals surface area (Å²) in [7, 11) is 0. The molecule has 0 aliphatic carbocycles. The van der Waals surface area contributed by atoms with E-state index < -0.39 is 6.08 Å². The van der Waals surface area contributed by atoms with Crippen LogP contribution in [-0.2, 0) is 0 Å². The lowest BCUT2D eigenvalue weighted by atomic mass is 11.0. The molecule has 42 valence electrons. The van der Waals surface area contributed by atoms with E-state index in [4.69, 9.17) is 5.73 Å². The molecule has 0 atom stereocenters. The molecule has 0 aromatic carbocycles. The number of halogens is 1. The lowest BCUT2D eigenvalue weighted by molar-refractivity contribution is 0.535. The maximum Gasteiger partial charge on any atom is 0.313 e.